The molecular weight excluding hydrogens is 483 g/mol. The molecule has 1 aliphatic heterocycles. The SMILES string of the molecule is CC(C)(C)OC(=O)N1CCC(c2ccc3nc(Nc4ccc5cc(C(F)(F)F)ccc5n4)[nH]c3c2)CC1. The molecule has 0 spiro atoms. The molecule has 7 nitrogen and oxygen atoms in total. The first-order chi connectivity index (χ1) is 17.4. The zero-order chi connectivity index (χ0) is 26.4. The number of carbonyl (C=O) groups excluding carboxylic acids is 1. The molecule has 2 aromatic heterocycles. The molecule has 37 heavy (non-hydrogen) atoms. The Kier molecular flexibility index (Phi) is 6.21. The highest BCUT2D eigenvalue weighted by atomic mass is 19.4. The van der Waals surface area contributed by atoms with Crippen molar-refractivity contribution in [2.45, 2.75) is 51.3 Å². The van der Waals surface area contributed by atoms with Gasteiger partial charge in [-0.25, -0.2) is 14.8 Å². The van der Waals surface area contributed by atoms with Crippen LogP contribution in [0.2, 0.25) is 0 Å². The topological polar surface area (TPSA) is 83.1 Å². The number of imidazole rings is 1. The minimum Gasteiger partial charge on any atom is -0.444 e. The molecule has 3 heterocycles. The number of anilines is 2. The van der Waals surface area contributed by atoms with E-state index in [1.807, 2.05) is 26.8 Å². The van der Waals surface area contributed by atoms with Crippen LogP contribution >= 0.6 is 0 Å². The van der Waals surface area contributed by atoms with Crippen LogP contribution in [0.4, 0.5) is 29.7 Å². The van der Waals surface area contributed by atoms with Gasteiger partial charge >= 0.3 is 12.3 Å². The van der Waals surface area contributed by atoms with Gasteiger partial charge < -0.3 is 19.9 Å². The average molecular weight is 512 g/mol. The van der Waals surface area contributed by atoms with Crippen LogP contribution in [0.15, 0.2) is 48.5 Å². The number of aromatic nitrogens is 3. The van der Waals surface area contributed by atoms with Crippen molar-refractivity contribution in [3.63, 3.8) is 0 Å². The molecule has 0 atom stereocenters. The Morgan fingerprint density at radius 1 is 1.00 bits per heavy atom. The Labute approximate surface area is 212 Å². The van der Waals surface area contributed by atoms with E-state index in [1.54, 1.807) is 17.0 Å². The number of hydrogen-bond donors (Lipinski definition) is 2. The van der Waals surface area contributed by atoms with Crippen molar-refractivity contribution >= 4 is 39.8 Å². The zero-order valence-corrected chi connectivity index (χ0v) is 20.8. The van der Waals surface area contributed by atoms with Crippen molar-refractivity contribution in [3.05, 3.63) is 59.7 Å². The van der Waals surface area contributed by atoms with E-state index < -0.39 is 17.3 Å². The maximum absolute atomic E-state index is 13.0. The maximum atomic E-state index is 13.0. The lowest BCUT2D eigenvalue weighted by Crippen LogP contribution is -2.41. The van der Waals surface area contributed by atoms with Gasteiger partial charge in [-0.2, -0.15) is 13.2 Å². The molecule has 1 fully saturated rings. The number of amides is 1. The Morgan fingerprint density at radius 3 is 2.43 bits per heavy atom. The number of halogens is 3. The van der Waals surface area contributed by atoms with Gasteiger partial charge in [-0.3, -0.25) is 0 Å². The minimum atomic E-state index is -4.40. The summed E-state index contributed by atoms with van der Waals surface area (Å²) in [7, 11) is 0. The van der Waals surface area contributed by atoms with Crippen molar-refractivity contribution < 1.29 is 22.7 Å². The van der Waals surface area contributed by atoms with Crippen molar-refractivity contribution in [1.82, 2.24) is 19.9 Å². The molecule has 0 radical (unpaired) electrons. The molecule has 0 aliphatic carbocycles. The molecule has 2 N–H and O–H groups in total. The summed E-state index contributed by atoms with van der Waals surface area (Å²) in [5.41, 5.74) is 2.07. The zero-order valence-electron chi connectivity index (χ0n) is 20.8. The van der Waals surface area contributed by atoms with Crippen LogP contribution in [-0.2, 0) is 10.9 Å². The first-order valence-electron chi connectivity index (χ1n) is 12.2. The summed E-state index contributed by atoms with van der Waals surface area (Å²) in [6.45, 7) is 6.88. The van der Waals surface area contributed by atoms with Crippen LogP contribution < -0.4 is 5.32 Å². The Hall–Kier alpha value is -3.82. The van der Waals surface area contributed by atoms with Crippen LogP contribution in [0.3, 0.4) is 0 Å². The number of rotatable bonds is 3. The molecule has 1 aliphatic rings. The number of piperidine rings is 1. The highest BCUT2D eigenvalue weighted by Crippen LogP contribution is 2.33. The second kappa shape index (κ2) is 9.24. The second-order valence-electron chi connectivity index (χ2n) is 10.3. The van der Waals surface area contributed by atoms with Gasteiger partial charge in [0.1, 0.15) is 11.4 Å². The molecule has 5 rings (SSSR count). The first-order valence-corrected chi connectivity index (χ1v) is 12.2. The number of benzene rings is 2. The van der Waals surface area contributed by atoms with Crippen molar-refractivity contribution in [1.29, 1.82) is 0 Å². The van der Waals surface area contributed by atoms with E-state index in [1.165, 1.54) is 11.6 Å². The lowest BCUT2D eigenvalue weighted by Gasteiger charge is -2.33. The Bertz CT molecular complexity index is 1450. The van der Waals surface area contributed by atoms with Gasteiger partial charge in [0, 0.05) is 18.5 Å². The third-order valence-electron chi connectivity index (χ3n) is 6.39. The van der Waals surface area contributed by atoms with Crippen molar-refractivity contribution in [3.8, 4) is 0 Å². The summed E-state index contributed by atoms with van der Waals surface area (Å²) in [5.74, 6) is 1.29. The normalized spacial score (nSPS) is 15.4. The molecule has 4 aromatic rings. The highest BCUT2D eigenvalue weighted by Gasteiger charge is 2.30. The lowest BCUT2D eigenvalue weighted by molar-refractivity contribution is -0.137. The molecule has 1 saturated heterocycles. The number of nitrogens with one attached hydrogen (secondary N) is 2. The van der Waals surface area contributed by atoms with Crippen LogP contribution in [0, 0.1) is 0 Å². The fourth-order valence-electron chi connectivity index (χ4n) is 4.56. The molecule has 2 aromatic carbocycles. The average Bonchev–Trinajstić information content (AvgIpc) is 3.23. The van der Waals surface area contributed by atoms with E-state index in [2.05, 4.69) is 32.4 Å². The predicted molar refractivity (Wildman–Crippen MR) is 136 cm³/mol. The summed E-state index contributed by atoms with van der Waals surface area (Å²) < 4.78 is 44.4. The third-order valence-corrected chi connectivity index (χ3v) is 6.39. The van der Waals surface area contributed by atoms with E-state index in [0.29, 0.717) is 41.7 Å². The Balaban J connectivity index is 1.27. The van der Waals surface area contributed by atoms with Gasteiger partial charge in [0.15, 0.2) is 0 Å². The van der Waals surface area contributed by atoms with E-state index in [0.717, 1.165) is 36.0 Å². The van der Waals surface area contributed by atoms with Crippen LogP contribution in [0.1, 0.15) is 50.7 Å². The number of fused-ring (bicyclic) bond motifs is 2. The molecule has 0 saturated carbocycles. The van der Waals surface area contributed by atoms with Gasteiger partial charge in [-0.1, -0.05) is 6.07 Å². The van der Waals surface area contributed by atoms with Crippen LogP contribution in [0.25, 0.3) is 21.9 Å². The molecule has 1 amide bonds. The van der Waals surface area contributed by atoms with Gasteiger partial charge in [0.05, 0.1) is 22.1 Å². The summed E-state index contributed by atoms with van der Waals surface area (Å²) in [4.78, 5) is 26.3. The number of nitrogens with zero attached hydrogens (tertiary/aromatic N) is 3. The van der Waals surface area contributed by atoms with E-state index in [-0.39, 0.29) is 6.09 Å². The number of alkyl halides is 3. The van der Waals surface area contributed by atoms with Gasteiger partial charge in [0.2, 0.25) is 5.95 Å². The smallest absolute Gasteiger partial charge is 0.416 e. The number of pyridine rings is 1. The summed E-state index contributed by atoms with van der Waals surface area (Å²) in [6.07, 6.45) is -2.97. The highest BCUT2D eigenvalue weighted by molar-refractivity contribution is 5.83. The van der Waals surface area contributed by atoms with Gasteiger partial charge in [-0.15, -0.1) is 0 Å². The minimum absolute atomic E-state index is 0.270. The standard InChI is InChI=1S/C27H28F3N5O2/c1-26(2,3)37-25(36)35-12-10-16(11-13-35)17-4-7-21-22(15-17)33-24(32-21)34-23-9-5-18-14-19(27(28,29)30)6-8-20(18)31-23/h4-9,14-16H,10-13H2,1-3H3,(H2,31,32,33,34). The number of likely N-dealkylation sites (tertiary alicyclic amines) is 1. The number of carbonyl (C=O) groups is 1. The lowest BCUT2D eigenvalue weighted by atomic mass is 9.89. The fourth-order valence-corrected chi connectivity index (χ4v) is 4.56. The molecule has 10 heteroatoms. The predicted octanol–water partition coefficient (Wildman–Crippen LogP) is 6.99. The van der Waals surface area contributed by atoms with E-state index in [9.17, 15) is 18.0 Å². The number of H-pyrrole nitrogens is 1. The molecule has 0 unspecified atom stereocenters. The summed E-state index contributed by atoms with van der Waals surface area (Å²) in [6, 6.07) is 12.8. The fraction of sp³-hybridized carbons (Fsp3) is 0.370. The third kappa shape index (κ3) is 5.63. The molecule has 0 bridgehead atoms. The van der Waals surface area contributed by atoms with Crippen LogP contribution in [0.5, 0.6) is 0 Å². The second-order valence-corrected chi connectivity index (χ2v) is 10.3. The van der Waals surface area contributed by atoms with Crippen molar-refractivity contribution in [2.24, 2.45) is 0 Å². The molecule has 194 valence electrons. The molecular formula is C27H28F3N5O2. The van der Waals surface area contributed by atoms with E-state index >= 15 is 0 Å². The number of ether oxygens (including phenoxy) is 1. The van der Waals surface area contributed by atoms with E-state index in [4.69, 9.17) is 4.74 Å². The van der Waals surface area contributed by atoms with Crippen LogP contribution in [-0.4, -0.2) is 44.6 Å². The van der Waals surface area contributed by atoms with Gasteiger partial charge in [0.25, 0.3) is 0 Å². The number of aromatic amines is 1. The van der Waals surface area contributed by atoms with Crippen molar-refractivity contribution in [2.75, 3.05) is 18.4 Å². The summed E-state index contributed by atoms with van der Waals surface area (Å²) in [5, 5.41) is 3.52. The maximum Gasteiger partial charge on any atom is 0.416 e. The van der Waals surface area contributed by atoms with Gasteiger partial charge in [-0.05, 0) is 87.6 Å². The number of hydrogen-bond acceptors (Lipinski definition) is 5. The Morgan fingerprint density at radius 2 is 1.73 bits per heavy atom. The monoisotopic (exact) mass is 511 g/mol. The first kappa shape index (κ1) is 24.9. The largest absolute Gasteiger partial charge is 0.444 e. The quantitative estimate of drug-likeness (QED) is 0.310. The summed E-state index contributed by atoms with van der Waals surface area (Å²) >= 11 is 0.